The summed E-state index contributed by atoms with van der Waals surface area (Å²) in [5.74, 6) is 0.585. The first-order valence-corrected chi connectivity index (χ1v) is 13.3. The molecule has 2 aromatic carbocycles. The lowest BCUT2D eigenvalue weighted by Crippen LogP contribution is -2.49. The minimum atomic E-state index is -4.49. The van der Waals surface area contributed by atoms with Crippen LogP contribution in [0.2, 0.25) is 5.02 Å². The molecule has 6 rings (SSSR count). The van der Waals surface area contributed by atoms with Crippen molar-refractivity contribution >= 4 is 49.6 Å². The predicted octanol–water partition coefficient (Wildman–Crippen LogP) is 5.39. The van der Waals surface area contributed by atoms with Gasteiger partial charge in [-0.05, 0) is 36.4 Å². The van der Waals surface area contributed by atoms with Crippen LogP contribution < -0.4 is 20.9 Å². The van der Waals surface area contributed by atoms with Crippen molar-refractivity contribution in [1.82, 2.24) is 14.5 Å². The molecule has 1 atom stereocenters. The van der Waals surface area contributed by atoms with Crippen LogP contribution in [0.4, 0.5) is 18.9 Å². The van der Waals surface area contributed by atoms with E-state index in [9.17, 15) is 22.8 Å². The molecule has 1 N–H and O–H groups in total. The number of ether oxygens (including phenoxy) is 2. The van der Waals surface area contributed by atoms with Crippen molar-refractivity contribution in [2.24, 2.45) is 0 Å². The molecule has 0 unspecified atom stereocenters. The standard InChI is InChI=1S/C27H20ClF3N4O4S/c1-38-16-4-5-19(28)18(9-16)22-10-20-24(40-22)25(36)35(26(37)33-20)21-12-32-11-14-2-3-15(8-17(14)21)34-6-7-39-23(13-34)27(29,30)31/h2-5,8-12,23H,6-7,13H2,1H3,(H,33,37)/t23-/m0/s1. The lowest BCUT2D eigenvalue weighted by molar-refractivity contribution is -0.221. The number of aromatic amines is 1. The van der Waals surface area contributed by atoms with Gasteiger partial charge in [0.2, 0.25) is 0 Å². The van der Waals surface area contributed by atoms with Gasteiger partial charge in [-0.1, -0.05) is 17.7 Å². The van der Waals surface area contributed by atoms with E-state index in [4.69, 9.17) is 21.1 Å². The molecule has 5 aromatic rings. The summed E-state index contributed by atoms with van der Waals surface area (Å²) in [7, 11) is 1.53. The largest absolute Gasteiger partial charge is 0.497 e. The van der Waals surface area contributed by atoms with E-state index in [1.807, 2.05) is 0 Å². The number of thiophene rings is 1. The Balaban J connectivity index is 1.47. The Morgan fingerprint density at radius 2 is 1.98 bits per heavy atom. The average molecular weight is 589 g/mol. The Hall–Kier alpha value is -3.87. The lowest BCUT2D eigenvalue weighted by atomic mass is 10.1. The molecule has 13 heteroatoms. The first-order valence-electron chi connectivity index (χ1n) is 12.1. The zero-order chi connectivity index (χ0) is 28.2. The molecular formula is C27H20ClF3N4O4S. The van der Waals surface area contributed by atoms with Crippen LogP contribution in [0.5, 0.6) is 5.75 Å². The van der Waals surface area contributed by atoms with Crippen LogP contribution in [0.25, 0.3) is 37.1 Å². The molecule has 206 valence electrons. The van der Waals surface area contributed by atoms with E-state index in [2.05, 4.69) is 9.97 Å². The molecular weight excluding hydrogens is 569 g/mol. The highest BCUT2D eigenvalue weighted by molar-refractivity contribution is 7.22. The van der Waals surface area contributed by atoms with E-state index in [-0.39, 0.29) is 25.4 Å². The first kappa shape index (κ1) is 26.4. The average Bonchev–Trinajstić information content (AvgIpc) is 3.37. The molecule has 0 spiro atoms. The van der Waals surface area contributed by atoms with Gasteiger partial charge in [0.05, 0.1) is 37.7 Å². The minimum absolute atomic E-state index is 0.0841. The number of H-pyrrole nitrogens is 1. The molecule has 0 radical (unpaired) electrons. The Kier molecular flexibility index (Phi) is 6.56. The second-order valence-corrected chi connectivity index (χ2v) is 10.6. The fourth-order valence-electron chi connectivity index (χ4n) is 4.77. The topological polar surface area (TPSA) is 89.5 Å². The van der Waals surface area contributed by atoms with Crippen molar-refractivity contribution in [3.8, 4) is 21.9 Å². The molecule has 40 heavy (non-hydrogen) atoms. The number of nitrogens with one attached hydrogen (secondary N) is 1. The number of rotatable bonds is 4. The number of nitrogens with zero attached hydrogens (tertiary/aromatic N) is 3. The molecule has 0 aliphatic carbocycles. The van der Waals surface area contributed by atoms with E-state index in [1.54, 1.807) is 53.6 Å². The molecule has 1 aliphatic rings. The van der Waals surface area contributed by atoms with Gasteiger partial charge in [0.1, 0.15) is 10.4 Å². The summed E-state index contributed by atoms with van der Waals surface area (Å²) < 4.78 is 51.4. The van der Waals surface area contributed by atoms with Gasteiger partial charge >= 0.3 is 11.9 Å². The summed E-state index contributed by atoms with van der Waals surface area (Å²) in [4.78, 5) is 36.1. The molecule has 1 saturated heterocycles. The van der Waals surface area contributed by atoms with Crippen LogP contribution in [0.3, 0.4) is 0 Å². The number of methoxy groups -OCH3 is 1. The minimum Gasteiger partial charge on any atom is -0.497 e. The second-order valence-electron chi connectivity index (χ2n) is 9.18. The van der Waals surface area contributed by atoms with E-state index in [1.165, 1.54) is 24.6 Å². The summed E-state index contributed by atoms with van der Waals surface area (Å²) in [5.41, 5.74) is 0.481. The Morgan fingerprint density at radius 3 is 2.75 bits per heavy atom. The molecule has 0 saturated carbocycles. The number of morpholine rings is 1. The van der Waals surface area contributed by atoms with Gasteiger partial charge in [-0.2, -0.15) is 13.2 Å². The van der Waals surface area contributed by atoms with Gasteiger partial charge in [0, 0.05) is 44.7 Å². The summed E-state index contributed by atoms with van der Waals surface area (Å²) in [6, 6.07) is 11.9. The van der Waals surface area contributed by atoms with Crippen LogP contribution in [0.15, 0.2) is 64.4 Å². The Morgan fingerprint density at radius 1 is 1.15 bits per heavy atom. The van der Waals surface area contributed by atoms with Crippen molar-refractivity contribution in [3.63, 3.8) is 0 Å². The number of hydrogen-bond acceptors (Lipinski definition) is 7. The van der Waals surface area contributed by atoms with Crippen LogP contribution >= 0.6 is 22.9 Å². The number of aromatic nitrogens is 3. The number of anilines is 1. The third-order valence-electron chi connectivity index (χ3n) is 6.77. The smallest absolute Gasteiger partial charge is 0.416 e. The van der Waals surface area contributed by atoms with E-state index in [0.717, 1.165) is 4.57 Å². The number of alkyl halides is 3. The van der Waals surface area contributed by atoms with Gasteiger partial charge < -0.3 is 19.4 Å². The van der Waals surface area contributed by atoms with Gasteiger partial charge in [0.25, 0.3) is 5.56 Å². The van der Waals surface area contributed by atoms with Crippen molar-refractivity contribution in [2.75, 3.05) is 31.7 Å². The first-order chi connectivity index (χ1) is 19.1. The zero-order valence-electron chi connectivity index (χ0n) is 20.8. The van der Waals surface area contributed by atoms with E-state index < -0.39 is 23.5 Å². The van der Waals surface area contributed by atoms with Crippen molar-refractivity contribution in [3.05, 3.63) is 80.7 Å². The number of halogens is 4. The monoisotopic (exact) mass is 588 g/mol. The van der Waals surface area contributed by atoms with Gasteiger partial charge in [-0.3, -0.25) is 9.78 Å². The summed E-state index contributed by atoms with van der Waals surface area (Å²) in [6.45, 7) is -0.193. The normalized spacial score (nSPS) is 16.1. The zero-order valence-corrected chi connectivity index (χ0v) is 22.4. The Bertz CT molecular complexity index is 1880. The maximum Gasteiger partial charge on any atom is 0.416 e. The highest BCUT2D eigenvalue weighted by Crippen LogP contribution is 2.37. The maximum absolute atomic E-state index is 13.7. The van der Waals surface area contributed by atoms with Crippen LogP contribution in [0.1, 0.15) is 0 Å². The number of pyridine rings is 1. The fourth-order valence-corrected chi connectivity index (χ4v) is 6.12. The highest BCUT2D eigenvalue weighted by Gasteiger charge is 2.43. The summed E-state index contributed by atoms with van der Waals surface area (Å²) in [5, 5.41) is 1.56. The third-order valence-corrected chi connectivity index (χ3v) is 8.26. The number of benzene rings is 2. The molecule has 4 heterocycles. The molecule has 1 aliphatic heterocycles. The van der Waals surface area contributed by atoms with Crippen LogP contribution in [-0.2, 0) is 4.74 Å². The van der Waals surface area contributed by atoms with E-state index >= 15 is 0 Å². The van der Waals surface area contributed by atoms with Crippen molar-refractivity contribution in [2.45, 2.75) is 12.3 Å². The van der Waals surface area contributed by atoms with Gasteiger partial charge in [0.15, 0.2) is 6.10 Å². The SMILES string of the molecule is COc1ccc(Cl)c(-c2cc3[nH]c(=O)n(-c4cncc5ccc(N6CCO[C@H](C(F)(F)F)C6)cc45)c(=O)c3s2)c1. The molecule has 0 amide bonds. The number of hydrogen-bond donors (Lipinski definition) is 1. The third kappa shape index (κ3) is 4.61. The fraction of sp³-hybridized carbons (Fsp3) is 0.222. The van der Waals surface area contributed by atoms with Gasteiger partial charge in [-0.15, -0.1) is 11.3 Å². The summed E-state index contributed by atoms with van der Waals surface area (Å²) >= 11 is 7.57. The number of fused-ring (bicyclic) bond motifs is 2. The molecule has 3 aromatic heterocycles. The van der Waals surface area contributed by atoms with Gasteiger partial charge in [-0.25, -0.2) is 9.36 Å². The quantitative estimate of drug-likeness (QED) is 0.303. The molecule has 8 nitrogen and oxygen atoms in total. The van der Waals surface area contributed by atoms with Crippen molar-refractivity contribution < 1.29 is 22.6 Å². The Labute approximate surface area is 233 Å². The summed E-state index contributed by atoms with van der Waals surface area (Å²) in [6.07, 6.45) is -3.45. The lowest BCUT2D eigenvalue weighted by Gasteiger charge is -2.35. The van der Waals surface area contributed by atoms with E-state index in [0.29, 0.717) is 47.9 Å². The molecule has 0 bridgehead atoms. The van der Waals surface area contributed by atoms with Crippen LogP contribution in [0, 0.1) is 0 Å². The predicted molar refractivity (Wildman–Crippen MR) is 148 cm³/mol. The second kappa shape index (κ2) is 9.95. The van der Waals surface area contributed by atoms with Crippen LogP contribution in [-0.4, -0.2) is 53.6 Å². The highest BCUT2D eigenvalue weighted by atomic mass is 35.5. The van der Waals surface area contributed by atoms with Crippen molar-refractivity contribution in [1.29, 1.82) is 0 Å². The maximum atomic E-state index is 13.7. The molecule has 1 fully saturated rings.